The lowest BCUT2D eigenvalue weighted by Gasteiger charge is -2.29. The van der Waals surface area contributed by atoms with Gasteiger partial charge in [0.05, 0.1) is 0 Å². The van der Waals surface area contributed by atoms with E-state index >= 15 is 0 Å². The van der Waals surface area contributed by atoms with Crippen LogP contribution < -0.4 is 0 Å². The molecule has 1 aliphatic carbocycles. The van der Waals surface area contributed by atoms with Crippen LogP contribution in [0.3, 0.4) is 0 Å². The molecule has 0 heterocycles. The van der Waals surface area contributed by atoms with Gasteiger partial charge in [0.25, 0.3) is 0 Å². The zero-order chi connectivity index (χ0) is 13.7. The third-order valence-electron chi connectivity index (χ3n) is 3.88. The van der Waals surface area contributed by atoms with Gasteiger partial charge in [-0.1, -0.05) is 42.5 Å². The maximum absolute atomic E-state index is 12.1. The Morgan fingerprint density at radius 1 is 1.32 bits per heavy atom. The van der Waals surface area contributed by atoms with Crippen molar-refractivity contribution >= 4 is 12.1 Å². The molecule has 1 aromatic carbocycles. The summed E-state index contributed by atoms with van der Waals surface area (Å²) in [5.41, 5.74) is 0.689. The summed E-state index contributed by atoms with van der Waals surface area (Å²) in [6.45, 7) is 1.95. The highest BCUT2D eigenvalue weighted by Gasteiger charge is 2.34. The van der Waals surface area contributed by atoms with Crippen LogP contribution in [0.4, 0.5) is 0 Å². The molecule has 2 heteroatoms. The van der Waals surface area contributed by atoms with Crippen LogP contribution >= 0.6 is 0 Å². The minimum Gasteiger partial charge on any atom is -0.303 e. The highest BCUT2D eigenvalue weighted by atomic mass is 16.1. The van der Waals surface area contributed by atoms with Crippen molar-refractivity contribution in [3.05, 3.63) is 48.0 Å². The Morgan fingerprint density at radius 3 is 2.68 bits per heavy atom. The standard InChI is InChI=1S/C17H20O2/c1-17(10-6-5-9-16(17)19)12-15(13-18)11-14-7-3-2-4-8-14/h2-4,6-8,10,13,15H,5,9,11-12H2,1H3. The first-order valence-corrected chi connectivity index (χ1v) is 6.84. The third-order valence-corrected chi connectivity index (χ3v) is 3.88. The Bertz CT molecular complexity index is 475. The third kappa shape index (κ3) is 3.40. The lowest BCUT2D eigenvalue weighted by molar-refractivity contribution is -0.127. The fraction of sp³-hybridized carbons (Fsp3) is 0.412. The summed E-state index contributed by atoms with van der Waals surface area (Å²) >= 11 is 0. The summed E-state index contributed by atoms with van der Waals surface area (Å²) in [5.74, 6) is 0.161. The van der Waals surface area contributed by atoms with Crippen molar-refractivity contribution in [1.29, 1.82) is 0 Å². The van der Waals surface area contributed by atoms with E-state index in [1.807, 2.05) is 43.3 Å². The van der Waals surface area contributed by atoms with Crippen molar-refractivity contribution in [2.75, 3.05) is 0 Å². The molecule has 0 aliphatic heterocycles. The summed E-state index contributed by atoms with van der Waals surface area (Å²) in [5, 5.41) is 0. The number of benzene rings is 1. The number of Topliss-reactive ketones (excluding diaryl/α,β-unsaturated/α-hetero) is 1. The molecule has 1 aromatic rings. The van der Waals surface area contributed by atoms with Crippen molar-refractivity contribution in [1.82, 2.24) is 0 Å². The van der Waals surface area contributed by atoms with Crippen molar-refractivity contribution in [2.24, 2.45) is 11.3 Å². The predicted molar refractivity (Wildman–Crippen MR) is 75.8 cm³/mol. The van der Waals surface area contributed by atoms with Crippen molar-refractivity contribution < 1.29 is 9.59 Å². The van der Waals surface area contributed by atoms with Crippen LogP contribution in [-0.2, 0) is 16.0 Å². The summed E-state index contributed by atoms with van der Waals surface area (Å²) < 4.78 is 0. The topological polar surface area (TPSA) is 34.1 Å². The second-order valence-corrected chi connectivity index (χ2v) is 5.57. The monoisotopic (exact) mass is 256 g/mol. The van der Waals surface area contributed by atoms with Gasteiger partial charge in [-0.15, -0.1) is 0 Å². The number of aldehydes is 1. The number of ketones is 1. The second-order valence-electron chi connectivity index (χ2n) is 5.57. The molecule has 1 aliphatic rings. The van der Waals surface area contributed by atoms with Crippen LogP contribution in [0.25, 0.3) is 0 Å². The second kappa shape index (κ2) is 5.96. The molecule has 0 N–H and O–H groups in total. The smallest absolute Gasteiger partial charge is 0.142 e. The van der Waals surface area contributed by atoms with Gasteiger partial charge in [-0.3, -0.25) is 4.79 Å². The van der Waals surface area contributed by atoms with Crippen molar-refractivity contribution in [3.8, 4) is 0 Å². The molecular formula is C17H20O2. The molecule has 0 saturated heterocycles. The summed E-state index contributed by atoms with van der Waals surface area (Å²) in [4.78, 5) is 23.3. The van der Waals surface area contributed by atoms with Crippen LogP contribution in [0, 0.1) is 11.3 Å². The SMILES string of the molecule is CC1(CC(C=O)Cc2ccccc2)C=CCCC1=O. The van der Waals surface area contributed by atoms with Crippen LogP contribution in [0.5, 0.6) is 0 Å². The molecule has 0 fully saturated rings. The number of rotatable bonds is 5. The van der Waals surface area contributed by atoms with Gasteiger partial charge in [0.1, 0.15) is 12.1 Å². The Morgan fingerprint density at radius 2 is 2.05 bits per heavy atom. The van der Waals surface area contributed by atoms with E-state index in [2.05, 4.69) is 6.08 Å². The van der Waals surface area contributed by atoms with Gasteiger partial charge >= 0.3 is 0 Å². The summed E-state index contributed by atoms with van der Waals surface area (Å²) in [6, 6.07) is 9.97. The first-order chi connectivity index (χ1) is 9.14. The van der Waals surface area contributed by atoms with E-state index in [0.717, 1.165) is 18.3 Å². The van der Waals surface area contributed by atoms with Gasteiger partial charge in [-0.05, 0) is 31.7 Å². The van der Waals surface area contributed by atoms with Crippen molar-refractivity contribution in [3.63, 3.8) is 0 Å². The maximum atomic E-state index is 12.1. The Labute approximate surface area is 114 Å². The van der Waals surface area contributed by atoms with Gasteiger partial charge in [0, 0.05) is 17.8 Å². The molecule has 2 nitrogen and oxygen atoms in total. The van der Waals surface area contributed by atoms with Crippen molar-refractivity contribution in [2.45, 2.75) is 32.6 Å². The molecule has 2 unspecified atom stereocenters. The van der Waals surface area contributed by atoms with E-state index in [1.165, 1.54) is 0 Å². The number of allylic oxidation sites excluding steroid dienone is 2. The largest absolute Gasteiger partial charge is 0.303 e. The number of hydrogen-bond acceptors (Lipinski definition) is 2. The molecule has 2 atom stereocenters. The van der Waals surface area contributed by atoms with Gasteiger partial charge in [-0.25, -0.2) is 0 Å². The molecule has 19 heavy (non-hydrogen) atoms. The maximum Gasteiger partial charge on any atom is 0.142 e. The molecular weight excluding hydrogens is 236 g/mol. The normalized spacial score (nSPS) is 24.2. The van der Waals surface area contributed by atoms with E-state index in [4.69, 9.17) is 0 Å². The molecule has 0 spiro atoms. The molecule has 0 bridgehead atoms. The van der Waals surface area contributed by atoms with E-state index in [1.54, 1.807) is 0 Å². The summed E-state index contributed by atoms with van der Waals surface area (Å²) in [6.07, 6.45) is 7.80. The van der Waals surface area contributed by atoms with Gasteiger partial charge in [0.15, 0.2) is 0 Å². The predicted octanol–water partition coefficient (Wildman–Crippen LogP) is 3.36. The van der Waals surface area contributed by atoms with Gasteiger partial charge in [0.2, 0.25) is 0 Å². The molecule has 0 saturated carbocycles. The van der Waals surface area contributed by atoms with E-state index in [9.17, 15) is 9.59 Å². The van der Waals surface area contributed by atoms with Gasteiger partial charge in [-0.2, -0.15) is 0 Å². The van der Waals surface area contributed by atoms with Crippen LogP contribution in [-0.4, -0.2) is 12.1 Å². The quantitative estimate of drug-likeness (QED) is 0.598. The van der Waals surface area contributed by atoms with Crippen LogP contribution in [0.2, 0.25) is 0 Å². The van der Waals surface area contributed by atoms with Gasteiger partial charge < -0.3 is 4.79 Å². The molecule has 2 rings (SSSR count). The molecule has 0 aromatic heterocycles. The molecule has 0 radical (unpaired) electrons. The molecule has 100 valence electrons. The highest BCUT2D eigenvalue weighted by molar-refractivity contribution is 5.87. The minimum atomic E-state index is -0.460. The Kier molecular flexibility index (Phi) is 4.31. The fourth-order valence-electron chi connectivity index (χ4n) is 2.75. The molecule has 0 amide bonds. The number of hydrogen-bond donors (Lipinski definition) is 0. The van der Waals surface area contributed by atoms with Crippen LogP contribution in [0.1, 0.15) is 31.7 Å². The minimum absolute atomic E-state index is 0.0981. The lowest BCUT2D eigenvalue weighted by atomic mass is 9.72. The average molecular weight is 256 g/mol. The van der Waals surface area contributed by atoms with E-state index in [0.29, 0.717) is 19.3 Å². The Hall–Kier alpha value is -1.70. The average Bonchev–Trinajstić information content (AvgIpc) is 2.43. The van der Waals surface area contributed by atoms with E-state index in [-0.39, 0.29) is 11.7 Å². The zero-order valence-electron chi connectivity index (χ0n) is 11.3. The zero-order valence-corrected chi connectivity index (χ0v) is 11.3. The first kappa shape index (κ1) is 13.7. The highest BCUT2D eigenvalue weighted by Crippen LogP contribution is 2.34. The summed E-state index contributed by atoms with van der Waals surface area (Å²) in [7, 11) is 0. The fourth-order valence-corrected chi connectivity index (χ4v) is 2.75. The Balaban J connectivity index is 2.07. The number of carbonyl (C=O) groups excluding carboxylic acids is 2. The van der Waals surface area contributed by atoms with Crippen LogP contribution in [0.15, 0.2) is 42.5 Å². The number of carbonyl (C=O) groups is 2. The van der Waals surface area contributed by atoms with E-state index < -0.39 is 5.41 Å². The first-order valence-electron chi connectivity index (χ1n) is 6.84. The lowest BCUT2D eigenvalue weighted by Crippen LogP contribution is -2.31.